The highest BCUT2D eigenvalue weighted by atomic mass is 35.5. The fourth-order valence-electron chi connectivity index (χ4n) is 3.87. The van der Waals surface area contributed by atoms with E-state index in [2.05, 4.69) is 21.7 Å². The van der Waals surface area contributed by atoms with E-state index in [1.165, 1.54) is 11.8 Å². The zero-order valence-electron chi connectivity index (χ0n) is 17.6. The Morgan fingerprint density at radius 2 is 1.75 bits per heavy atom. The van der Waals surface area contributed by atoms with E-state index in [9.17, 15) is 9.59 Å². The number of halogens is 1. The van der Waals surface area contributed by atoms with Crippen LogP contribution in [0, 0.1) is 5.92 Å². The van der Waals surface area contributed by atoms with Crippen LogP contribution in [0.15, 0.2) is 66.0 Å². The summed E-state index contributed by atoms with van der Waals surface area (Å²) in [5.74, 6) is -0.0459. The molecule has 6 nitrogen and oxygen atoms in total. The molecule has 166 valence electrons. The van der Waals surface area contributed by atoms with Crippen LogP contribution in [-0.2, 0) is 16.1 Å². The molecule has 0 spiro atoms. The molecule has 2 N–H and O–H groups in total. The first-order valence-electron chi connectivity index (χ1n) is 10.6. The molecule has 8 heteroatoms. The highest BCUT2D eigenvalue weighted by Crippen LogP contribution is 2.29. The second-order valence-corrected chi connectivity index (χ2v) is 9.23. The Bertz CT molecular complexity index is 1080. The van der Waals surface area contributed by atoms with Gasteiger partial charge in [-0.2, -0.15) is 0 Å². The average Bonchev–Trinajstić information content (AvgIpc) is 3.21. The van der Waals surface area contributed by atoms with E-state index in [4.69, 9.17) is 17.3 Å². The normalized spacial score (nSPS) is 14.5. The number of nitrogens with zero attached hydrogens (tertiary/aromatic N) is 3. The van der Waals surface area contributed by atoms with Crippen LogP contribution < -0.4 is 5.73 Å². The lowest BCUT2D eigenvalue weighted by Crippen LogP contribution is -2.42. The van der Waals surface area contributed by atoms with Crippen molar-refractivity contribution in [1.29, 1.82) is 0 Å². The number of imidazole rings is 1. The van der Waals surface area contributed by atoms with Crippen LogP contribution in [0.2, 0.25) is 5.02 Å². The number of hydrogen-bond acceptors (Lipinski definition) is 4. The molecule has 3 aromatic rings. The first-order chi connectivity index (χ1) is 15.5. The first-order valence-corrected chi connectivity index (χ1v) is 11.9. The number of piperidine rings is 1. The lowest BCUT2D eigenvalue weighted by atomic mass is 9.96. The van der Waals surface area contributed by atoms with Crippen LogP contribution in [0.25, 0.3) is 11.3 Å². The van der Waals surface area contributed by atoms with E-state index < -0.39 is 0 Å². The molecule has 1 aliphatic rings. The van der Waals surface area contributed by atoms with Crippen LogP contribution in [0.4, 0.5) is 0 Å². The molecule has 2 amide bonds. The van der Waals surface area contributed by atoms with Crippen molar-refractivity contribution in [2.45, 2.75) is 24.5 Å². The van der Waals surface area contributed by atoms with E-state index in [1.54, 1.807) is 0 Å². The number of hydrogen-bond donors (Lipinski definition) is 1. The third kappa shape index (κ3) is 5.34. The second-order valence-electron chi connectivity index (χ2n) is 7.85. The van der Waals surface area contributed by atoms with Gasteiger partial charge in [0.2, 0.25) is 11.8 Å². The third-order valence-corrected chi connectivity index (χ3v) is 6.94. The molecule has 32 heavy (non-hydrogen) atoms. The fraction of sp³-hybridized carbons (Fsp3) is 0.292. The maximum atomic E-state index is 12.8. The molecular weight excluding hydrogens is 444 g/mol. The van der Waals surface area contributed by atoms with Gasteiger partial charge in [-0.1, -0.05) is 65.8 Å². The summed E-state index contributed by atoms with van der Waals surface area (Å²) in [4.78, 5) is 30.6. The van der Waals surface area contributed by atoms with Gasteiger partial charge in [-0.3, -0.25) is 9.59 Å². The smallest absolute Gasteiger partial charge is 0.233 e. The van der Waals surface area contributed by atoms with E-state index in [0.717, 1.165) is 22.0 Å². The summed E-state index contributed by atoms with van der Waals surface area (Å²) < 4.78 is 2.13. The van der Waals surface area contributed by atoms with Gasteiger partial charge in [0.1, 0.15) is 0 Å². The van der Waals surface area contributed by atoms with Gasteiger partial charge in [0.05, 0.1) is 24.2 Å². The molecule has 1 fully saturated rings. The topological polar surface area (TPSA) is 81.2 Å². The minimum Gasteiger partial charge on any atom is -0.369 e. The van der Waals surface area contributed by atoms with E-state index in [0.29, 0.717) is 43.3 Å². The summed E-state index contributed by atoms with van der Waals surface area (Å²) in [7, 11) is 0. The van der Waals surface area contributed by atoms with Gasteiger partial charge < -0.3 is 15.2 Å². The van der Waals surface area contributed by atoms with E-state index in [-0.39, 0.29) is 17.7 Å². The largest absolute Gasteiger partial charge is 0.369 e. The third-order valence-electron chi connectivity index (χ3n) is 5.72. The van der Waals surface area contributed by atoms with Crippen LogP contribution in [0.3, 0.4) is 0 Å². The number of carbonyl (C=O) groups excluding carboxylic acids is 2. The second kappa shape index (κ2) is 10.2. The maximum Gasteiger partial charge on any atom is 0.233 e. The Morgan fingerprint density at radius 3 is 2.41 bits per heavy atom. The molecule has 1 saturated heterocycles. The van der Waals surface area contributed by atoms with Crippen molar-refractivity contribution < 1.29 is 9.59 Å². The Morgan fingerprint density at radius 1 is 1.06 bits per heavy atom. The number of nitrogens with two attached hydrogens (primary N) is 1. The van der Waals surface area contributed by atoms with Crippen molar-refractivity contribution in [2.75, 3.05) is 18.8 Å². The van der Waals surface area contributed by atoms with Gasteiger partial charge in [0.25, 0.3) is 0 Å². The lowest BCUT2D eigenvalue weighted by molar-refractivity contribution is -0.132. The zero-order valence-corrected chi connectivity index (χ0v) is 19.2. The van der Waals surface area contributed by atoms with Crippen molar-refractivity contribution >= 4 is 35.2 Å². The average molecular weight is 469 g/mol. The molecule has 2 heterocycles. The molecule has 2 aromatic carbocycles. The van der Waals surface area contributed by atoms with Crippen molar-refractivity contribution in [3.8, 4) is 11.3 Å². The monoisotopic (exact) mass is 468 g/mol. The van der Waals surface area contributed by atoms with Crippen LogP contribution in [0.5, 0.6) is 0 Å². The summed E-state index contributed by atoms with van der Waals surface area (Å²) in [6.07, 6.45) is 3.11. The van der Waals surface area contributed by atoms with Crippen molar-refractivity contribution in [1.82, 2.24) is 14.5 Å². The molecule has 4 rings (SSSR count). The number of likely N-dealkylation sites (tertiary alicyclic amines) is 1. The number of primary amides is 1. The molecule has 1 aliphatic heterocycles. The van der Waals surface area contributed by atoms with Crippen molar-refractivity contribution in [3.05, 3.63) is 71.4 Å². The fourth-order valence-corrected chi connectivity index (χ4v) is 4.88. The predicted molar refractivity (Wildman–Crippen MR) is 127 cm³/mol. The number of thioether (sulfide) groups is 1. The summed E-state index contributed by atoms with van der Waals surface area (Å²) >= 11 is 7.50. The first kappa shape index (κ1) is 22.4. The summed E-state index contributed by atoms with van der Waals surface area (Å²) in [6.45, 7) is 1.79. The predicted octanol–water partition coefficient (Wildman–Crippen LogP) is 4.07. The summed E-state index contributed by atoms with van der Waals surface area (Å²) in [5.41, 5.74) is 8.54. The molecule has 0 unspecified atom stereocenters. The summed E-state index contributed by atoms with van der Waals surface area (Å²) in [6, 6.07) is 17.9. The molecule has 0 atom stereocenters. The standard InChI is InChI=1S/C24H25ClN4O2S/c25-20-8-6-18(7-9-20)21-14-27-24(29(21)15-17-4-2-1-3-5-17)32-16-22(30)28-12-10-19(11-13-28)23(26)31/h1-9,14,19H,10-13,15-16H2,(H2,26,31). The highest BCUT2D eigenvalue weighted by Gasteiger charge is 2.26. The number of rotatable bonds is 7. The molecular formula is C24H25ClN4O2S. The quantitative estimate of drug-likeness (QED) is 0.530. The van der Waals surface area contributed by atoms with Crippen LogP contribution >= 0.6 is 23.4 Å². The van der Waals surface area contributed by atoms with Gasteiger partial charge in [0, 0.05) is 24.0 Å². The molecule has 0 aliphatic carbocycles. The Labute approximate surface area is 196 Å². The van der Waals surface area contributed by atoms with Crippen molar-refractivity contribution in [2.24, 2.45) is 11.7 Å². The maximum absolute atomic E-state index is 12.8. The number of carbonyl (C=O) groups is 2. The Hall–Kier alpha value is -2.77. The number of benzene rings is 2. The SMILES string of the molecule is NC(=O)C1CCN(C(=O)CSc2ncc(-c3ccc(Cl)cc3)n2Cc2ccccc2)CC1. The minimum absolute atomic E-state index is 0.0558. The van der Waals surface area contributed by atoms with Gasteiger partial charge in [0.15, 0.2) is 5.16 Å². The van der Waals surface area contributed by atoms with Gasteiger partial charge in [-0.05, 0) is 36.1 Å². The van der Waals surface area contributed by atoms with Gasteiger partial charge >= 0.3 is 0 Å². The van der Waals surface area contributed by atoms with Crippen LogP contribution in [-0.4, -0.2) is 45.1 Å². The zero-order chi connectivity index (χ0) is 22.5. The van der Waals surface area contributed by atoms with Crippen molar-refractivity contribution in [3.63, 3.8) is 0 Å². The van der Waals surface area contributed by atoms with Gasteiger partial charge in [-0.25, -0.2) is 4.98 Å². The molecule has 0 radical (unpaired) electrons. The molecule has 1 aromatic heterocycles. The minimum atomic E-state index is -0.274. The number of amides is 2. The lowest BCUT2D eigenvalue weighted by Gasteiger charge is -2.30. The van der Waals surface area contributed by atoms with E-state index in [1.807, 2.05) is 53.6 Å². The molecule has 0 bridgehead atoms. The number of aromatic nitrogens is 2. The Balaban J connectivity index is 1.50. The molecule has 0 saturated carbocycles. The summed E-state index contributed by atoms with van der Waals surface area (Å²) in [5, 5.41) is 1.47. The van der Waals surface area contributed by atoms with Crippen LogP contribution in [0.1, 0.15) is 18.4 Å². The highest BCUT2D eigenvalue weighted by molar-refractivity contribution is 7.99. The van der Waals surface area contributed by atoms with E-state index >= 15 is 0 Å². The Kier molecular flexibility index (Phi) is 7.17. The van der Waals surface area contributed by atoms with Gasteiger partial charge in [-0.15, -0.1) is 0 Å².